The van der Waals surface area contributed by atoms with Gasteiger partial charge in [-0.15, -0.1) is 0 Å². The second kappa shape index (κ2) is 8.41. The van der Waals surface area contributed by atoms with Crippen LogP contribution in [0.25, 0.3) is 0 Å². The molecule has 2 aromatic rings. The fourth-order valence-electron chi connectivity index (χ4n) is 2.22. The van der Waals surface area contributed by atoms with Gasteiger partial charge in [0.05, 0.1) is 7.11 Å². The van der Waals surface area contributed by atoms with Crippen LogP contribution in [0.5, 0.6) is 11.5 Å². The maximum absolute atomic E-state index is 13.5. The molecule has 1 amide bonds. The summed E-state index contributed by atoms with van der Waals surface area (Å²) >= 11 is 0. The normalized spacial score (nSPS) is 10.6. The smallest absolute Gasteiger partial charge is 0.387 e. The molecule has 0 saturated carbocycles. The molecule has 0 bridgehead atoms. The van der Waals surface area contributed by atoms with E-state index in [-0.39, 0.29) is 23.6 Å². The van der Waals surface area contributed by atoms with Gasteiger partial charge >= 0.3 is 6.61 Å². The quantitative estimate of drug-likeness (QED) is 0.825. The molecule has 4 nitrogen and oxygen atoms in total. The molecule has 25 heavy (non-hydrogen) atoms. The minimum atomic E-state index is -2.96. The van der Waals surface area contributed by atoms with Crippen molar-refractivity contribution >= 4 is 5.91 Å². The highest BCUT2D eigenvalue weighted by atomic mass is 19.3. The molecule has 0 aliphatic heterocycles. The SMILES string of the molecule is COc1ccc(CCNC(=O)c2ccc(C)c(F)c2)cc1OC(F)F. The maximum Gasteiger partial charge on any atom is 0.387 e. The van der Waals surface area contributed by atoms with Crippen molar-refractivity contribution in [2.24, 2.45) is 0 Å². The third kappa shape index (κ3) is 5.14. The van der Waals surface area contributed by atoms with Crippen LogP contribution in [-0.4, -0.2) is 26.2 Å². The van der Waals surface area contributed by atoms with E-state index in [0.29, 0.717) is 17.5 Å². The average Bonchev–Trinajstić information content (AvgIpc) is 2.57. The zero-order valence-corrected chi connectivity index (χ0v) is 13.8. The van der Waals surface area contributed by atoms with Crippen molar-refractivity contribution in [3.8, 4) is 11.5 Å². The molecular formula is C18H18F3NO3. The van der Waals surface area contributed by atoms with Gasteiger partial charge in [0, 0.05) is 12.1 Å². The number of methoxy groups -OCH3 is 1. The molecule has 0 radical (unpaired) electrons. The Morgan fingerprint density at radius 1 is 1.16 bits per heavy atom. The van der Waals surface area contributed by atoms with Crippen molar-refractivity contribution < 1.29 is 27.4 Å². The van der Waals surface area contributed by atoms with E-state index in [1.165, 1.54) is 37.4 Å². The second-order valence-corrected chi connectivity index (χ2v) is 5.33. The summed E-state index contributed by atoms with van der Waals surface area (Å²) in [5, 5.41) is 2.66. The summed E-state index contributed by atoms with van der Waals surface area (Å²) in [6.45, 7) is -1.09. The van der Waals surface area contributed by atoms with Crippen molar-refractivity contribution in [3.63, 3.8) is 0 Å². The Bertz CT molecular complexity index is 750. The molecule has 0 aliphatic carbocycles. The van der Waals surface area contributed by atoms with Gasteiger partial charge in [-0.3, -0.25) is 4.79 Å². The predicted octanol–water partition coefficient (Wildman–Crippen LogP) is 3.72. The number of alkyl halides is 2. The molecule has 0 heterocycles. The largest absolute Gasteiger partial charge is 0.493 e. The van der Waals surface area contributed by atoms with Crippen molar-refractivity contribution in [1.82, 2.24) is 5.32 Å². The molecule has 2 rings (SSSR count). The van der Waals surface area contributed by atoms with Gasteiger partial charge in [0.1, 0.15) is 5.82 Å². The van der Waals surface area contributed by atoms with E-state index in [4.69, 9.17) is 4.74 Å². The van der Waals surface area contributed by atoms with Gasteiger partial charge < -0.3 is 14.8 Å². The summed E-state index contributed by atoms with van der Waals surface area (Å²) in [6.07, 6.45) is 0.393. The summed E-state index contributed by atoms with van der Waals surface area (Å²) in [5.41, 5.74) is 1.37. The number of halogens is 3. The van der Waals surface area contributed by atoms with E-state index >= 15 is 0 Å². The lowest BCUT2D eigenvalue weighted by molar-refractivity contribution is -0.0512. The number of rotatable bonds is 7. The molecule has 1 N–H and O–H groups in total. The van der Waals surface area contributed by atoms with Crippen LogP contribution in [0.4, 0.5) is 13.2 Å². The Morgan fingerprint density at radius 2 is 1.92 bits per heavy atom. The Morgan fingerprint density at radius 3 is 2.56 bits per heavy atom. The van der Waals surface area contributed by atoms with Gasteiger partial charge in [-0.2, -0.15) is 8.78 Å². The number of benzene rings is 2. The highest BCUT2D eigenvalue weighted by Gasteiger charge is 2.12. The molecule has 0 unspecified atom stereocenters. The number of aryl methyl sites for hydroxylation is 1. The Labute approximate surface area is 143 Å². The summed E-state index contributed by atoms with van der Waals surface area (Å²) in [7, 11) is 1.36. The topological polar surface area (TPSA) is 47.6 Å². The first kappa shape index (κ1) is 18.6. The Balaban J connectivity index is 1.96. The van der Waals surface area contributed by atoms with Gasteiger partial charge in [-0.25, -0.2) is 4.39 Å². The number of carbonyl (C=O) groups is 1. The fraction of sp³-hybridized carbons (Fsp3) is 0.278. The predicted molar refractivity (Wildman–Crippen MR) is 86.8 cm³/mol. The highest BCUT2D eigenvalue weighted by Crippen LogP contribution is 2.29. The highest BCUT2D eigenvalue weighted by molar-refractivity contribution is 5.94. The van der Waals surface area contributed by atoms with Crippen LogP contribution >= 0.6 is 0 Å². The lowest BCUT2D eigenvalue weighted by Gasteiger charge is -2.12. The van der Waals surface area contributed by atoms with Gasteiger partial charge in [0.25, 0.3) is 5.91 Å². The van der Waals surface area contributed by atoms with Crippen molar-refractivity contribution in [3.05, 3.63) is 58.9 Å². The average molecular weight is 353 g/mol. The maximum atomic E-state index is 13.5. The second-order valence-electron chi connectivity index (χ2n) is 5.33. The first-order valence-electron chi connectivity index (χ1n) is 7.56. The molecule has 0 saturated heterocycles. The van der Waals surface area contributed by atoms with Gasteiger partial charge in [0.2, 0.25) is 0 Å². The van der Waals surface area contributed by atoms with Crippen LogP contribution in [0.1, 0.15) is 21.5 Å². The number of hydrogen-bond acceptors (Lipinski definition) is 3. The monoisotopic (exact) mass is 353 g/mol. The molecule has 2 aromatic carbocycles. The number of nitrogens with one attached hydrogen (secondary N) is 1. The van der Waals surface area contributed by atoms with E-state index in [1.54, 1.807) is 13.0 Å². The minimum absolute atomic E-state index is 0.0677. The van der Waals surface area contributed by atoms with E-state index in [1.807, 2.05) is 0 Å². The van der Waals surface area contributed by atoms with Crippen LogP contribution in [0.15, 0.2) is 36.4 Å². The number of carbonyl (C=O) groups excluding carboxylic acids is 1. The third-order valence-electron chi connectivity index (χ3n) is 3.58. The van der Waals surface area contributed by atoms with Crippen LogP contribution in [0.3, 0.4) is 0 Å². The summed E-state index contributed by atoms with van der Waals surface area (Å²) in [6, 6.07) is 8.88. The van der Waals surface area contributed by atoms with E-state index in [9.17, 15) is 18.0 Å². The van der Waals surface area contributed by atoms with Gasteiger partial charge in [-0.05, 0) is 48.7 Å². The van der Waals surface area contributed by atoms with E-state index in [2.05, 4.69) is 10.1 Å². The molecule has 0 atom stereocenters. The number of amides is 1. The van der Waals surface area contributed by atoms with Gasteiger partial charge in [-0.1, -0.05) is 12.1 Å². The lowest BCUT2D eigenvalue weighted by atomic mass is 10.1. The van der Waals surface area contributed by atoms with Crippen LogP contribution in [0.2, 0.25) is 0 Å². The molecule has 0 fully saturated rings. The van der Waals surface area contributed by atoms with Gasteiger partial charge in [0.15, 0.2) is 11.5 Å². The number of ether oxygens (including phenoxy) is 2. The van der Waals surface area contributed by atoms with E-state index in [0.717, 1.165) is 0 Å². The zero-order valence-electron chi connectivity index (χ0n) is 13.8. The van der Waals surface area contributed by atoms with E-state index < -0.39 is 18.3 Å². The first-order chi connectivity index (χ1) is 11.9. The minimum Gasteiger partial charge on any atom is -0.493 e. The molecule has 0 aromatic heterocycles. The third-order valence-corrected chi connectivity index (χ3v) is 3.58. The molecule has 0 spiro atoms. The molecule has 134 valence electrons. The molecular weight excluding hydrogens is 335 g/mol. The molecule has 7 heteroatoms. The van der Waals surface area contributed by atoms with Crippen molar-refractivity contribution in [1.29, 1.82) is 0 Å². The summed E-state index contributed by atoms with van der Waals surface area (Å²) in [4.78, 5) is 12.0. The van der Waals surface area contributed by atoms with Crippen LogP contribution in [0, 0.1) is 12.7 Å². The standard InChI is InChI=1S/C18H18F3NO3/c1-11-3-5-13(10-14(11)19)17(23)22-8-7-12-4-6-15(24-2)16(9-12)25-18(20)21/h3-6,9-10,18H,7-8H2,1-2H3,(H,22,23). The lowest BCUT2D eigenvalue weighted by Crippen LogP contribution is -2.25. The fourth-order valence-corrected chi connectivity index (χ4v) is 2.22. The summed E-state index contributed by atoms with van der Waals surface area (Å²) < 4.78 is 47.7. The zero-order chi connectivity index (χ0) is 18.4. The van der Waals surface area contributed by atoms with Crippen molar-refractivity contribution in [2.75, 3.05) is 13.7 Å². The molecule has 0 aliphatic rings. The first-order valence-corrected chi connectivity index (χ1v) is 7.56. The Hall–Kier alpha value is -2.70. The van der Waals surface area contributed by atoms with Crippen molar-refractivity contribution in [2.45, 2.75) is 20.0 Å². The summed E-state index contributed by atoms with van der Waals surface area (Å²) in [5.74, 6) is -0.724. The number of hydrogen-bond donors (Lipinski definition) is 1. The van der Waals surface area contributed by atoms with Crippen LogP contribution < -0.4 is 14.8 Å². The Kier molecular flexibility index (Phi) is 6.27. The van der Waals surface area contributed by atoms with Crippen LogP contribution in [-0.2, 0) is 6.42 Å².